The van der Waals surface area contributed by atoms with Crippen molar-refractivity contribution >= 4 is 11.6 Å². The van der Waals surface area contributed by atoms with Crippen LogP contribution in [0.25, 0.3) is 0 Å². The monoisotopic (exact) mass is 308 g/mol. The normalized spacial score (nSPS) is 17.3. The number of rotatable bonds is 4. The van der Waals surface area contributed by atoms with Crippen LogP contribution in [0.4, 0.5) is 5.69 Å². The summed E-state index contributed by atoms with van der Waals surface area (Å²) in [5, 5.41) is 0. The summed E-state index contributed by atoms with van der Waals surface area (Å²) >= 11 is 0. The molecule has 23 heavy (non-hydrogen) atoms. The van der Waals surface area contributed by atoms with Crippen molar-refractivity contribution in [1.82, 2.24) is 4.90 Å². The third kappa shape index (κ3) is 3.55. The predicted octanol–water partition coefficient (Wildman–Crippen LogP) is 3.60. The van der Waals surface area contributed by atoms with Crippen LogP contribution in [0.2, 0.25) is 0 Å². The van der Waals surface area contributed by atoms with Crippen LogP contribution in [0.3, 0.4) is 0 Å². The van der Waals surface area contributed by atoms with Gasteiger partial charge in [0, 0.05) is 37.9 Å². The van der Waals surface area contributed by atoms with Crippen molar-refractivity contribution in [2.24, 2.45) is 0 Å². The fraction of sp³-hybridized carbons (Fsp3) is 0.350. The zero-order valence-corrected chi connectivity index (χ0v) is 13.9. The second kappa shape index (κ2) is 6.86. The van der Waals surface area contributed by atoms with Crippen LogP contribution in [-0.2, 0) is 6.42 Å². The molecule has 3 nitrogen and oxygen atoms in total. The maximum Gasteiger partial charge on any atom is 0.254 e. The van der Waals surface area contributed by atoms with Crippen molar-refractivity contribution < 1.29 is 4.79 Å². The summed E-state index contributed by atoms with van der Waals surface area (Å²) < 4.78 is 0. The summed E-state index contributed by atoms with van der Waals surface area (Å²) in [6.07, 6.45) is 3.14. The van der Waals surface area contributed by atoms with Crippen LogP contribution >= 0.6 is 0 Å². The second-order valence-corrected chi connectivity index (χ2v) is 6.43. The van der Waals surface area contributed by atoms with Gasteiger partial charge in [-0.1, -0.05) is 30.3 Å². The molecule has 120 valence electrons. The Kier molecular flexibility index (Phi) is 4.65. The van der Waals surface area contributed by atoms with Crippen molar-refractivity contribution in [1.29, 1.82) is 0 Å². The lowest BCUT2D eigenvalue weighted by Crippen LogP contribution is -2.36. The zero-order chi connectivity index (χ0) is 16.2. The summed E-state index contributed by atoms with van der Waals surface area (Å²) in [5.41, 5.74) is 3.21. The highest BCUT2D eigenvalue weighted by Crippen LogP contribution is 2.24. The molecule has 1 heterocycles. The van der Waals surface area contributed by atoms with E-state index in [0.717, 1.165) is 37.1 Å². The van der Waals surface area contributed by atoms with Gasteiger partial charge in [-0.05, 0) is 49.1 Å². The van der Waals surface area contributed by atoms with Crippen molar-refractivity contribution in [3.05, 3.63) is 65.7 Å². The lowest BCUT2D eigenvalue weighted by molar-refractivity contribution is 0.0736. The molecule has 1 aliphatic heterocycles. The molecule has 1 saturated heterocycles. The average molecular weight is 308 g/mol. The third-order valence-corrected chi connectivity index (χ3v) is 4.58. The van der Waals surface area contributed by atoms with Gasteiger partial charge in [-0.2, -0.15) is 0 Å². The molecule has 1 unspecified atom stereocenters. The third-order valence-electron chi connectivity index (χ3n) is 4.58. The van der Waals surface area contributed by atoms with E-state index in [9.17, 15) is 4.79 Å². The molecule has 0 radical (unpaired) electrons. The fourth-order valence-corrected chi connectivity index (χ4v) is 3.27. The molecule has 2 aromatic carbocycles. The largest absolute Gasteiger partial charge is 0.378 e. The summed E-state index contributed by atoms with van der Waals surface area (Å²) in [6, 6.07) is 18.7. The summed E-state index contributed by atoms with van der Waals surface area (Å²) in [5.74, 6) is 0.161. The van der Waals surface area contributed by atoms with Gasteiger partial charge in [0.25, 0.3) is 5.91 Å². The Morgan fingerprint density at radius 2 is 1.78 bits per heavy atom. The summed E-state index contributed by atoms with van der Waals surface area (Å²) in [6.45, 7) is 0.867. The topological polar surface area (TPSA) is 23.6 Å². The lowest BCUT2D eigenvalue weighted by Gasteiger charge is -2.25. The first kappa shape index (κ1) is 15.6. The molecule has 0 bridgehead atoms. The first-order valence-electron chi connectivity index (χ1n) is 8.27. The van der Waals surface area contributed by atoms with Crippen LogP contribution in [-0.4, -0.2) is 37.5 Å². The van der Waals surface area contributed by atoms with Crippen LogP contribution in [0.5, 0.6) is 0 Å². The van der Waals surface area contributed by atoms with E-state index < -0.39 is 0 Å². The standard InChI is InChI=1S/C20H24N2O/c1-21(2)18-12-10-17(11-13-18)20(23)22-14-6-9-19(22)15-16-7-4-3-5-8-16/h3-5,7-8,10-13,19H,6,9,14-15H2,1-2H3. The smallest absolute Gasteiger partial charge is 0.254 e. The number of hydrogen-bond acceptors (Lipinski definition) is 2. The Labute approximate surface area is 138 Å². The molecule has 1 atom stereocenters. The second-order valence-electron chi connectivity index (χ2n) is 6.43. The molecular weight excluding hydrogens is 284 g/mol. The van der Waals surface area contributed by atoms with Crippen molar-refractivity contribution in [3.8, 4) is 0 Å². The number of anilines is 1. The van der Waals surface area contributed by atoms with Gasteiger partial charge in [0.15, 0.2) is 0 Å². The van der Waals surface area contributed by atoms with Crippen molar-refractivity contribution in [2.75, 3.05) is 25.5 Å². The number of hydrogen-bond donors (Lipinski definition) is 0. The van der Waals surface area contributed by atoms with E-state index in [4.69, 9.17) is 0 Å². The van der Waals surface area contributed by atoms with Gasteiger partial charge < -0.3 is 9.80 Å². The molecule has 0 aliphatic carbocycles. The maximum atomic E-state index is 12.8. The van der Waals surface area contributed by atoms with Gasteiger partial charge in [0.1, 0.15) is 0 Å². The van der Waals surface area contributed by atoms with Gasteiger partial charge in [0.05, 0.1) is 0 Å². The number of benzene rings is 2. The van der Waals surface area contributed by atoms with Gasteiger partial charge in [0.2, 0.25) is 0 Å². The Morgan fingerprint density at radius 1 is 1.09 bits per heavy atom. The van der Waals surface area contributed by atoms with Gasteiger partial charge in [-0.15, -0.1) is 0 Å². The number of amides is 1. The quantitative estimate of drug-likeness (QED) is 0.861. The van der Waals surface area contributed by atoms with Crippen LogP contribution in [0.15, 0.2) is 54.6 Å². The van der Waals surface area contributed by atoms with Crippen LogP contribution < -0.4 is 4.90 Å². The Hall–Kier alpha value is -2.29. The average Bonchev–Trinajstić information content (AvgIpc) is 3.03. The molecule has 0 N–H and O–H groups in total. The lowest BCUT2D eigenvalue weighted by atomic mass is 10.0. The maximum absolute atomic E-state index is 12.8. The Balaban J connectivity index is 1.72. The number of carbonyl (C=O) groups is 1. The molecule has 0 saturated carbocycles. The van der Waals surface area contributed by atoms with Gasteiger partial charge in [-0.3, -0.25) is 4.79 Å². The molecule has 1 amide bonds. The van der Waals surface area contributed by atoms with E-state index in [0.29, 0.717) is 6.04 Å². The molecule has 1 fully saturated rings. The number of likely N-dealkylation sites (tertiary alicyclic amines) is 1. The van der Waals surface area contributed by atoms with Crippen LogP contribution in [0, 0.1) is 0 Å². The number of nitrogens with zero attached hydrogens (tertiary/aromatic N) is 2. The molecule has 0 aromatic heterocycles. The molecule has 0 spiro atoms. The molecular formula is C20H24N2O. The molecule has 2 aromatic rings. The van der Waals surface area contributed by atoms with Crippen molar-refractivity contribution in [3.63, 3.8) is 0 Å². The highest BCUT2D eigenvalue weighted by Gasteiger charge is 2.29. The highest BCUT2D eigenvalue weighted by molar-refractivity contribution is 5.95. The highest BCUT2D eigenvalue weighted by atomic mass is 16.2. The van der Waals surface area contributed by atoms with Gasteiger partial charge >= 0.3 is 0 Å². The minimum Gasteiger partial charge on any atom is -0.378 e. The van der Waals surface area contributed by atoms with E-state index in [1.807, 2.05) is 49.3 Å². The Morgan fingerprint density at radius 3 is 2.43 bits per heavy atom. The molecule has 3 heteroatoms. The van der Waals surface area contributed by atoms with E-state index >= 15 is 0 Å². The summed E-state index contributed by atoms with van der Waals surface area (Å²) in [7, 11) is 4.01. The molecule has 1 aliphatic rings. The predicted molar refractivity (Wildman–Crippen MR) is 95.0 cm³/mol. The summed E-state index contributed by atoms with van der Waals surface area (Å²) in [4.78, 5) is 16.9. The first-order chi connectivity index (χ1) is 11.1. The first-order valence-corrected chi connectivity index (χ1v) is 8.27. The Bertz CT molecular complexity index is 649. The minimum absolute atomic E-state index is 0.161. The van der Waals surface area contributed by atoms with E-state index in [2.05, 4.69) is 29.2 Å². The fourth-order valence-electron chi connectivity index (χ4n) is 3.27. The van der Waals surface area contributed by atoms with Crippen molar-refractivity contribution in [2.45, 2.75) is 25.3 Å². The zero-order valence-electron chi connectivity index (χ0n) is 13.9. The van der Waals surface area contributed by atoms with Gasteiger partial charge in [-0.25, -0.2) is 0 Å². The van der Waals surface area contributed by atoms with E-state index in [1.165, 1.54) is 5.56 Å². The van der Waals surface area contributed by atoms with Crippen LogP contribution in [0.1, 0.15) is 28.8 Å². The SMILES string of the molecule is CN(C)c1ccc(C(=O)N2CCCC2Cc2ccccc2)cc1. The minimum atomic E-state index is 0.161. The van der Waals surface area contributed by atoms with E-state index in [-0.39, 0.29) is 5.91 Å². The molecule has 3 rings (SSSR count). The van der Waals surface area contributed by atoms with E-state index in [1.54, 1.807) is 0 Å². The number of carbonyl (C=O) groups excluding carboxylic acids is 1.